The monoisotopic (exact) mass is 391 g/mol. The van der Waals surface area contributed by atoms with Crippen LogP contribution in [0.1, 0.15) is 11.1 Å². The molecule has 4 rings (SSSR count). The highest BCUT2D eigenvalue weighted by atomic mass is 35.5. The van der Waals surface area contributed by atoms with Crippen LogP contribution in [0.5, 0.6) is 0 Å². The second-order valence-corrected chi connectivity index (χ2v) is 7.04. The van der Waals surface area contributed by atoms with E-state index in [4.69, 9.17) is 11.6 Å². The molecule has 2 aromatic heterocycles. The first-order valence-electron chi connectivity index (χ1n) is 9.38. The third-order valence-electron chi connectivity index (χ3n) is 4.62. The molecule has 28 heavy (non-hydrogen) atoms. The number of fused-ring (bicyclic) bond motifs is 1. The van der Waals surface area contributed by atoms with Gasteiger partial charge < -0.3 is 15.6 Å². The number of rotatable bonds is 8. The molecule has 0 aliphatic rings. The number of nitrogens with one attached hydrogen (secondary N) is 3. The Balaban J connectivity index is 1.28. The van der Waals surface area contributed by atoms with E-state index < -0.39 is 0 Å². The number of anilines is 2. The molecule has 2 aromatic carbocycles. The van der Waals surface area contributed by atoms with E-state index in [9.17, 15) is 0 Å². The van der Waals surface area contributed by atoms with Crippen LogP contribution < -0.4 is 10.6 Å². The van der Waals surface area contributed by atoms with Crippen LogP contribution in [-0.4, -0.2) is 28.0 Å². The SMILES string of the molecule is Clc1cccc(CCNc2nccc(NCCc3c[nH]c4ccccc34)n2)c1. The van der Waals surface area contributed by atoms with Crippen molar-refractivity contribution in [2.45, 2.75) is 12.8 Å². The molecular formula is C22H22ClN5. The summed E-state index contributed by atoms with van der Waals surface area (Å²) in [5.74, 6) is 1.44. The van der Waals surface area contributed by atoms with Gasteiger partial charge in [-0.25, -0.2) is 4.98 Å². The fraction of sp³-hybridized carbons (Fsp3) is 0.182. The third kappa shape index (κ3) is 4.61. The first-order valence-corrected chi connectivity index (χ1v) is 9.76. The minimum Gasteiger partial charge on any atom is -0.370 e. The Morgan fingerprint density at radius 3 is 2.75 bits per heavy atom. The molecule has 0 bridgehead atoms. The molecule has 0 saturated heterocycles. The van der Waals surface area contributed by atoms with E-state index >= 15 is 0 Å². The predicted octanol–water partition coefficient (Wildman–Crippen LogP) is 4.92. The topological polar surface area (TPSA) is 65.6 Å². The van der Waals surface area contributed by atoms with Crippen LogP contribution in [0, 0.1) is 0 Å². The first kappa shape index (κ1) is 18.3. The van der Waals surface area contributed by atoms with Crippen LogP contribution >= 0.6 is 11.6 Å². The highest BCUT2D eigenvalue weighted by molar-refractivity contribution is 6.30. The van der Waals surface area contributed by atoms with E-state index in [2.05, 4.69) is 56.0 Å². The van der Waals surface area contributed by atoms with Crippen LogP contribution in [0.15, 0.2) is 67.0 Å². The number of para-hydroxylation sites is 1. The lowest BCUT2D eigenvalue weighted by atomic mass is 10.1. The second-order valence-electron chi connectivity index (χ2n) is 6.61. The molecule has 3 N–H and O–H groups in total. The van der Waals surface area contributed by atoms with Crippen LogP contribution in [0.3, 0.4) is 0 Å². The lowest BCUT2D eigenvalue weighted by Crippen LogP contribution is -2.10. The van der Waals surface area contributed by atoms with Gasteiger partial charge in [-0.05, 0) is 48.2 Å². The van der Waals surface area contributed by atoms with Crippen molar-refractivity contribution in [1.82, 2.24) is 15.0 Å². The van der Waals surface area contributed by atoms with E-state index in [0.717, 1.165) is 36.8 Å². The molecule has 0 aliphatic heterocycles. The number of hydrogen-bond donors (Lipinski definition) is 3. The molecule has 4 aromatic rings. The van der Waals surface area contributed by atoms with Gasteiger partial charge in [0, 0.05) is 41.4 Å². The van der Waals surface area contributed by atoms with Crippen LogP contribution in [0.25, 0.3) is 10.9 Å². The van der Waals surface area contributed by atoms with Gasteiger partial charge in [0.2, 0.25) is 5.95 Å². The number of aromatic amines is 1. The van der Waals surface area contributed by atoms with E-state index in [1.165, 1.54) is 22.0 Å². The van der Waals surface area contributed by atoms with Crippen LogP contribution in [0.4, 0.5) is 11.8 Å². The summed E-state index contributed by atoms with van der Waals surface area (Å²) in [6.07, 6.45) is 5.63. The summed E-state index contributed by atoms with van der Waals surface area (Å²) in [5, 5.41) is 8.68. The van der Waals surface area contributed by atoms with Gasteiger partial charge in [-0.3, -0.25) is 0 Å². The average Bonchev–Trinajstić information content (AvgIpc) is 3.12. The molecule has 0 atom stereocenters. The van der Waals surface area contributed by atoms with E-state index in [-0.39, 0.29) is 0 Å². The highest BCUT2D eigenvalue weighted by Gasteiger charge is 2.04. The smallest absolute Gasteiger partial charge is 0.224 e. The van der Waals surface area contributed by atoms with Crippen LogP contribution in [-0.2, 0) is 12.8 Å². The quantitative estimate of drug-likeness (QED) is 0.399. The maximum Gasteiger partial charge on any atom is 0.224 e. The Morgan fingerprint density at radius 2 is 1.82 bits per heavy atom. The molecule has 0 fully saturated rings. The van der Waals surface area contributed by atoms with Gasteiger partial charge in [-0.1, -0.05) is 41.9 Å². The Kier molecular flexibility index (Phi) is 5.73. The number of H-pyrrole nitrogens is 1. The third-order valence-corrected chi connectivity index (χ3v) is 4.85. The van der Waals surface area contributed by atoms with Gasteiger partial charge in [-0.15, -0.1) is 0 Å². The van der Waals surface area contributed by atoms with Crippen LogP contribution in [0.2, 0.25) is 5.02 Å². The number of aromatic nitrogens is 3. The molecule has 0 unspecified atom stereocenters. The van der Waals surface area contributed by atoms with Crippen molar-refractivity contribution in [3.8, 4) is 0 Å². The van der Waals surface area contributed by atoms with E-state index in [1.807, 2.05) is 30.3 Å². The lowest BCUT2D eigenvalue weighted by Gasteiger charge is -2.08. The van der Waals surface area contributed by atoms with E-state index in [1.54, 1.807) is 6.20 Å². The maximum atomic E-state index is 6.02. The average molecular weight is 392 g/mol. The van der Waals surface area contributed by atoms with Gasteiger partial charge in [-0.2, -0.15) is 4.98 Å². The number of hydrogen-bond acceptors (Lipinski definition) is 4. The van der Waals surface area contributed by atoms with Crippen molar-refractivity contribution in [3.63, 3.8) is 0 Å². The number of halogens is 1. The summed E-state index contributed by atoms with van der Waals surface area (Å²) in [5.41, 5.74) is 3.66. The fourth-order valence-electron chi connectivity index (χ4n) is 3.22. The van der Waals surface area contributed by atoms with Gasteiger partial charge in [0.1, 0.15) is 5.82 Å². The summed E-state index contributed by atoms with van der Waals surface area (Å²) in [7, 11) is 0. The predicted molar refractivity (Wildman–Crippen MR) is 116 cm³/mol. The maximum absolute atomic E-state index is 6.02. The van der Waals surface area contributed by atoms with Crippen molar-refractivity contribution >= 4 is 34.3 Å². The summed E-state index contributed by atoms with van der Waals surface area (Å²) >= 11 is 6.02. The van der Waals surface area contributed by atoms with Gasteiger partial charge >= 0.3 is 0 Å². The minimum atomic E-state index is 0.624. The van der Waals surface area contributed by atoms with Gasteiger partial charge in [0.25, 0.3) is 0 Å². The molecule has 0 amide bonds. The first-order chi connectivity index (χ1) is 13.8. The Bertz CT molecular complexity index is 1060. The molecule has 142 valence electrons. The van der Waals surface area contributed by atoms with Crippen molar-refractivity contribution < 1.29 is 0 Å². The molecule has 2 heterocycles. The second kappa shape index (κ2) is 8.76. The summed E-state index contributed by atoms with van der Waals surface area (Å²) in [6, 6.07) is 18.1. The minimum absolute atomic E-state index is 0.624. The molecule has 5 nitrogen and oxygen atoms in total. The summed E-state index contributed by atoms with van der Waals surface area (Å²) in [4.78, 5) is 12.1. The summed E-state index contributed by atoms with van der Waals surface area (Å²) < 4.78 is 0. The Hall–Kier alpha value is -3.05. The molecule has 0 aliphatic carbocycles. The fourth-order valence-corrected chi connectivity index (χ4v) is 3.43. The Morgan fingerprint density at radius 1 is 0.929 bits per heavy atom. The lowest BCUT2D eigenvalue weighted by molar-refractivity contribution is 0.972. The highest BCUT2D eigenvalue weighted by Crippen LogP contribution is 2.18. The zero-order valence-electron chi connectivity index (χ0n) is 15.5. The van der Waals surface area contributed by atoms with Crippen molar-refractivity contribution in [1.29, 1.82) is 0 Å². The van der Waals surface area contributed by atoms with Gasteiger partial charge in [0.15, 0.2) is 0 Å². The molecule has 6 heteroatoms. The normalized spacial score (nSPS) is 10.9. The standard InChI is InChI=1S/C22H22ClN5/c23-18-5-3-4-16(14-18)8-11-25-22-26-13-10-21(28-22)24-12-9-17-15-27-20-7-2-1-6-19(17)20/h1-7,10,13-15,27H,8-9,11-12H2,(H2,24,25,26,28). The molecule has 0 saturated carbocycles. The molecular weight excluding hydrogens is 370 g/mol. The number of benzene rings is 2. The summed E-state index contributed by atoms with van der Waals surface area (Å²) in [6.45, 7) is 1.56. The van der Waals surface area contributed by atoms with Crippen molar-refractivity contribution in [3.05, 3.63) is 83.1 Å². The zero-order valence-corrected chi connectivity index (χ0v) is 16.2. The van der Waals surface area contributed by atoms with Gasteiger partial charge in [0.05, 0.1) is 0 Å². The van der Waals surface area contributed by atoms with Crippen molar-refractivity contribution in [2.24, 2.45) is 0 Å². The molecule has 0 radical (unpaired) electrons. The van der Waals surface area contributed by atoms with E-state index in [0.29, 0.717) is 5.95 Å². The largest absolute Gasteiger partial charge is 0.370 e. The van der Waals surface area contributed by atoms with Crippen molar-refractivity contribution in [2.75, 3.05) is 23.7 Å². The number of nitrogens with zero attached hydrogens (tertiary/aromatic N) is 2. The Labute approximate surface area is 169 Å². The zero-order chi connectivity index (χ0) is 19.2. The molecule has 0 spiro atoms.